The number of carbonyl (C=O) groups is 1. The van der Waals surface area contributed by atoms with E-state index in [-0.39, 0.29) is 17.3 Å². The van der Waals surface area contributed by atoms with Crippen LogP contribution < -0.4 is 0 Å². The molecule has 90 valence electrons. The van der Waals surface area contributed by atoms with Gasteiger partial charge in [-0.1, -0.05) is 6.58 Å². The minimum Gasteiger partial charge on any atom is -0.293 e. The molecule has 0 heterocycles. The number of nitriles is 1. The van der Waals surface area contributed by atoms with Crippen LogP contribution in [0.4, 0.5) is 0 Å². The molecule has 0 radical (unpaired) electrons. The molecule has 18 heavy (non-hydrogen) atoms. The smallest absolute Gasteiger partial charge is 0.175 e. The fraction of sp³-hybridized carbons (Fsp3) is 0.0769. The van der Waals surface area contributed by atoms with E-state index >= 15 is 0 Å². The number of allylic oxidation sites excluding steroid dienone is 1. The van der Waals surface area contributed by atoms with Crippen molar-refractivity contribution in [1.29, 1.82) is 16.1 Å². The summed E-state index contributed by atoms with van der Waals surface area (Å²) in [7, 11) is 0. The summed E-state index contributed by atoms with van der Waals surface area (Å²) < 4.78 is 0. The topological polar surface area (TPSA) is 91.8 Å². The number of rotatable bonds is 4. The van der Waals surface area contributed by atoms with Crippen molar-refractivity contribution in [3.8, 4) is 6.07 Å². The maximum absolute atomic E-state index is 11.2. The van der Waals surface area contributed by atoms with Crippen molar-refractivity contribution >= 4 is 18.0 Å². The number of benzene rings is 1. The third kappa shape index (κ3) is 2.68. The zero-order valence-electron chi connectivity index (χ0n) is 9.90. The molecule has 1 aromatic rings. The van der Waals surface area contributed by atoms with Gasteiger partial charge < -0.3 is 0 Å². The Kier molecular flexibility index (Phi) is 4.11. The van der Waals surface area contributed by atoms with Gasteiger partial charge in [0.2, 0.25) is 0 Å². The summed E-state index contributed by atoms with van der Waals surface area (Å²) in [6.45, 7) is 4.86. The van der Waals surface area contributed by atoms with Crippen molar-refractivity contribution < 1.29 is 4.79 Å². The van der Waals surface area contributed by atoms with Crippen molar-refractivity contribution in [2.45, 2.75) is 6.92 Å². The number of amidine groups is 1. The first-order valence-electron chi connectivity index (χ1n) is 5.10. The molecule has 5 heteroatoms. The van der Waals surface area contributed by atoms with Gasteiger partial charge in [-0.2, -0.15) is 5.26 Å². The van der Waals surface area contributed by atoms with Crippen LogP contribution in [-0.2, 0) is 4.79 Å². The molecule has 1 rings (SSSR count). The molecule has 0 aliphatic carbocycles. The summed E-state index contributed by atoms with van der Waals surface area (Å²) in [6.07, 6.45) is 0.865. The van der Waals surface area contributed by atoms with Crippen LogP contribution in [0.2, 0.25) is 0 Å². The summed E-state index contributed by atoms with van der Waals surface area (Å²) in [4.78, 5) is 12.3. The lowest BCUT2D eigenvalue weighted by molar-refractivity contribution is -0.114. The number of nitrogens with one attached hydrogen (secondary N) is 2. The Bertz CT molecular complexity index is 551. The molecular weight excluding hydrogens is 228 g/mol. The summed E-state index contributed by atoms with van der Waals surface area (Å²) in [5.41, 5.74) is 1.04. The fourth-order valence-electron chi connectivity index (χ4n) is 1.29. The predicted molar refractivity (Wildman–Crippen MR) is 68.4 cm³/mol. The minimum absolute atomic E-state index is 0.0327. The van der Waals surface area contributed by atoms with E-state index in [2.05, 4.69) is 6.58 Å². The first kappa shape index (κ1) is 13.3. The van der Waals surface area contributed by atoms with E-state index in [4.69, 9.17) is 16.1 Å². The molecule has 0 atom stereocenters. The van der Waals surface area contributed by atoms with Gasteiger partial charge in [0.15, 0.2) is 5.78 Å². The summed E-state index contributed by atoms with van der Waals surface area (Å²) in [5, 5.41) is 23.8. The molecule has 0 aromatic heterocycles. The Hall–Kier alpha value is -2.74. The molecule has 2 N–H and O–H groups in total. The second-order valence-electron chi connectivity index (χ2n) is 3.54. The minimum atomic E-state index is -0.308. The lowest BCUT2D eigenvalue weighted by Gasteiger charge is -2.20. The van der Waals surface area contributed by atoms with Crippen LogP contribution in [-0.4, -0.2) is 22.9 Å². The molecule has 5 nitrogen and oxygen atoms in total. The third-order valence-electron chi connectivity index (χ3n) is 2.35. The molecule has 0 spiro atoms. The highest BCUT2D eigenvalue weighted by atomic mass is 16.1. The fourth-order valence-corrected chi connectivity index (χ4v) is 1.29. The largest absolute Gasteiger partial charge is 0.293 e. The summed E-state index contributed by atoms with van der Waals surface area (Å²) in [5.74, 6) is -0.341. The van der Waals surface area contributed by atoms with Crippen LogP contribution in [0.15, 0.2) is 36.5 Å². The molecule has 0 saturated carbocycles. The number of nitrogens with zero attached hydrogens (tertiary/aromatic N) is 2. The first-order chi connectivity index (χ1) is 8.51. The van der Waals surface area contributed by atoms with E-state index in [1.165, 1.54) is 6.92 Å². The molecule has 0 bridgehead atoms. The van der Waals surface area contributed by atoms with Gasteiger partial charge in [-0.15, -0.1) is 0 Å². The van der Waals surface area contributed by atoms with Crippen LogP contribution in [0.3, 0.4) is 0 Å². The average molecular weight is 240 g/mol. The lowest BCUT2D eigenvalue weighted by atomic mass is 10.1. The molecule has 0 aliphatic heterocycles. The molecule has 0 amide bonds. The predicted octanol–water partition coefficient (Wildman–Crippen LogP) is 1.90. The Balaban J connectivity index is 3.04. The zero-order valence-corrected chi connectivity index (χ0v) is 9.90. The van der Waals surface area contributed by atoms with Crippen molar-refractivity contribution in [2.75, 3.05) is 0 Å². The van der Waals surface area contributed by atoms with Gasteiger partial charge in [-0.25, -0.2) is 0 Å². The summed E-state index contributed by atoms with van der Waals surface area (Å²) >= 11 is 0. The zero-order chi connectivity index (χ0) is 13.7. The number of Topliss-reactive ketones (excluding diaryl/α,β-unsaturated/α-hetero) is 1. The van der Waals surface area contributed by atoms with E-state index in [0.29, 0.717) is 11.1 Å². The van der Waals surface area contributed by atoms with Crippen LogP contribution in [0.1, 0.15) is 18.1 Å². The van der Waals surface area contributed by atoms with E-state index in [1.807, 2.05) is 6.07 Å². The average Bonchev–Trinajstić information content (AvgIpc) is 2.39. The monoisotopic (exact) mass is 240 g/mol. The Morgan fingerprint density at radius 3 is 2.39 bits per heavy atom. The third-order valence-corrected chi connectivity index (χ3v) is 2.35. The second-order valence-corrected chi connectivity index (χ2v) is 3.54. The molecule has 0 unspecified atom stereocenters. The van der Waals surface area contributed by atoms with Crippen molar-refractivity contribution in [3.63, 3.8) is 0 Å². The number of hydrogen-bond acceptors (Lipinski definition) is 4. The molecule has 0 aliphatic rings. The van der Waals surface area contributed by atoms with Gasteiger partial charge in [0.25, 0.3) is 0 Å². The van der Waals surface area contributed by atoms with E-state index in [9.17, 15) is 4.79 Å². The molecule has 0 fully saturated rings. The maximum atomic E-state index is 11.2. The highest BCUT2D eigenvalue weighted by Gasteiger charge is 2.15. The van der Waals surface area contributed by atoms with Crippen molar-refractivity contribution in [2.24, 2.45) is 0 Å². The number of ketones is 1. The Labute approximate surface area is 105 Å². The molecule has 1 aromatic carbocycles. The Morgan fingerprint density at radius 1 is 1.44 bits per heavy atom. The first-order valence-corrected chi connectivity index (χ1v) is 5.10. The number of carbonyl (C=O) groups excluding carboxylic acids is 1. The van der Waals surface area contributed by atoms with Gasteiger partial charge in [-0.3, -0.25) is 20.5 Å². The van der Waals surface area contributed by atoms with E-state index in [1.54, 1.807) is 24.3 Å². The SMILES string of the molecule is C=C(C(C)=O)N(C=N)C(=N)c1ccc(C#N)cc1. The summed E-state index contributed by atoms with van der Waals surface area (Å²) in [6, 6.07) is 8.30. The maximum Gasteiger partial charge on any atom is 0.175 e. The molecular formula is C13H12N4O. The molecule has 0 saturated heterocycles. The normalized spacial score (nSPS) is 9.11. The van der Waals surface area contributed by atoms with Crippen LogP contribution >= 0.6 is 0 Å². The van der Waals surface area contributed by atoms with Crippen molar-refractivity contribution in [1.82, 2.24) is 4.90 Å². The van der Waals surface area contributed by atoms with Gasteiger partial charge in [0.05, 0.1) is 23.7 Å². The van der Waals surface area contributed by atoms with E-state index < -0.39 is 0 Å². The quantitative estimate of drug-likeness (QED) is 0.478. The van der Waals surface area contributed by atoms with Crippen LogP contribution in [0.5, 0.6) is 0 Å². The van der Waals surface area contributed by atoms with Gasteiger partial charge >= 0.3 is 0 Å². The van der Waals surface area contributed by atoms with E-state index in [0.717, 1.165) is 11.2 Å². The number of hydrogen-bond donors (Lipinski definition) is 2. The lowest BCUT2D eigenvalue weighted by Crippen LogP contribution is -2.31. The highest BCUT2D eigenvalue weighted by Crippen LogP contribution is 2.10. The van der Waals surface area contributed by atoms with Crippen LogP contribution in [0.25, 0.3) is 0 Å². The van der Waals surface area contributed by atoms with Gasteiger partial charge in [0.1, 0.15) is 5.84 Å². The second kappa shape index (κ2) is 5.55. The Morgan fingerprint density at radius 2 is 2.00 bits per heavy atom. The van der Waals surface area contributed by atoms with Crippen molar-refractivity contribution in [3.05, 3.63) is 47.7 Å². The van der Waals surface area contributed by atoms with Gasteiger partial charge in [0, 0.05) is 12.5 Å². The van der Waals surface area contributed by atoms with Gasteiger partial charge in [-0.05, 0) is 24.3 Å². The highest BCUT2D eigenvalue weighted by molar-refractivity contribution is 6.09. The standard InChI is InChI=1S/C13H12N4O/c1-9(10(2)18)17(8-15)13(16)12-5-3-11(7-14)4-6-12/h3-6,8,15-16H,1H2,2H3. The van der Waals surface area contributed by atoms with Crippen LogP contribution in [0, 0.1) is 22.1 Å².